The van der Waals surface area contributed by atoms with Crippen LogP contribution in [-0.4, -0.2) is 66.5 Å². The highest BCUT2D eigenvalue weighted by Crippen LogP contribution is 2.43. The smallest absolute Gasteiger partial charge is 0.312 e. The van der Waals surface area contributed by atoms with Gasteiger partial charge in [0.15, 0.2) is 0 Å². The first kappa shape index (κ1) is 17.9. The fourth-order valence-electron chi connectivity index (χ4n) is 4.25. The summed E-state index contributed by atoms with van der Waals surface area (Å²) >= 11 is 0. The number of aromatic nitrogens is 1. The lowest BCUT2D eigenvalue weighted by Gasteiger charge is -2.36. The Hall–Kier alpha value is -2.47. The molecule has 1 spiro atoms. The Morgan fingerprint density at radius 1 is 1.26 bits per heavy atom. The maximum atomic E-state index is 12.9. The summed E-state index contributed by atoms with van der Waals surface area (Å²) in [6.45, 7) is 1.88. The van der Waals surface area contributed by atoms with Crippen molar-refractivity contribution >= 4 is 22.6 Å². The number of hydrogen-bond acceptors (Lipinski definition) is 5. The Labute approximate surface area is 159 Å². The van der Waals surface area contributed by atoms with E-state index in [1.54, 1.807) is 6.20 Å². The quantitative estimate of drug-likeness (QED) is 0.779. The van der Waals surface area contributed by atoms with Gasteiger partial charge in [-0.2, -0.15) is 0 Å². The number of benzene rings is 1. The highest BCUT2D eigenvalue weighted by atomic mass is 16.6. The van der Waals surface area contributed by atoms with Gasteiger partial charge in [-0.3, -0.25) is 14.6 Å². The number of ether oxygens (including phenoxy) is 1. The normalized spacial score (nSPS) is 21.8. The van der Waals surface area contributed by atoms with Gasteiger partial charge in [-0.05, 0) is 38.4 Å². The molecule has 0 bridgehead atoms. The van der Waals surface area contributed by atoms with Gasteiger partial charge in [-0.25, -0.2) is 0 Å². The number of cyclic esters (lactones) is 1. The predicted octanol–water partition coefficient (Wildman–Crippen LogP) is 2.33. The summed E-state index contributed by atoms with van der Waals surface area (Å²) in [7, 11) is 3.97. The number of likely N-dealkylation sites (tertiary alicyclic amines) is 1. The molecule has 27 heavy (non-hydrogen) atoms. The van der Waals surface area contributed by atoms with Crippen LogP contribution in [0.25, 0.3) is 10.8 Å². The molecule has 1 aromatic heterocycles. The molecule has 1 amide bonds. The Bertz CT molecular complexity index is 872. The molecule has 6 heteroatoms. The standard InChI is InChI=1S/C21H25N3O3/c1-23(2)14-17-12-21(20(26)27-17)7-9-24(10-8-21)19(25)18-11-15-5-3-4-6-16(15)13-22-18/h3-6,11,13,17H,7-10,12,14H2,1-2H3. The van der Waals surface area contributed by atoms with E-state index in [9.17, 15) is 9.59 Å². The number of carbonyl (C=O) groups excluding carboxylic acids is 2. The van der Waals surface area contributed by atoms with Crippen LogP contribution in [0.5, 0.6) is 0 Å². The number of amides is 1. The van der Waals surface area contributed by atoms with Gasteiger partial charge in [0.1, 0.15) is 11.8 Å². The van der Waals surface area contributed by atoms with Crippen molar-refractivity contribution in [2.45, 2.75) is 25.4 Å². The third-order valence-corrected chi connectivity index (χ3v) is 5.75. The van der Waals surface area contributed by atoms with Crippen LogP contribution in [0.15, 0.2) is 36.5 Å². The van der Waals surface area contributed by atoms with E-state index in [2.05, 4.69) is 4.98 Å². The number of nitrogens with zero attached hydrogens (tertiary/aromatic N) is 3. The Morgan fingerprint density at radius 2 is 1.96 bits per heavy atom. The first-order valence-electron chi connectivity index (χ1n) is 9.47. The zero-order valence-corrected chi connectivity index (χ0v) is 15.9. The van der Waals surface area contributed by atoms with Crippen molar-refractivity contribution in [3.8, 4) is 0 Å². The largest absolute Gasteiger partial charge is 0.461 e. The van der Waals surface area contributed by atoms with E-state index < -0.39 is 5.41 Å². The van der Waals surface area contributed by atoms with E-state index in [-0.39, 0.29) is 18.0 Å². The topological polar surface area (TPSA) is 62.7 Å². The molecule has 2 saturated heterocycles. The van der Waals surface area contributed by atoms with Gasteiger partial charge in [-0.15, -0.1) is 0 Å². The molecular weight excluding hydrogens is 342 g/mol. The minimum atomic E-state index is -0.422. The molecule has 2 aliphatic rings. The van der Waals surface area contributed by atoms with Crippen LogP contribution in [0, 0.1) is 5.41 Å². The average molecular weight is 367 g/mol. The molecule has 2 aromatic rings. The van der Waals surface area contributed by atoms with E-state index in [0.29, 0.717) is 31.6 Å². The number of likely N-dealkylation sites (N-methyl/N-ethyl adjacent to an activating group) is 1. The molecule has 2 fully saturated rings. The second-order valence-electron chi connectivity index (χ2n) is 7.98. The van der Waals surface area contributed by atoms with Gasteiger partial charge >= 0.3 is 5.97 Å². The molecule has 0 aliphatic carbocycles. The van der Waals surface area contributed by atoms with Crippen LogP contribution in [-0.2, 0) is 9.53 Å². The first-order chi connectivity index (χ1) is 13.0. The third kappa shape index (κ3) is 3.41. The molecular formula is C21H25N3O3. The van der Waals surface area contributed by atoms with E-state index in [1.165, 1.54) is 0 Å². The van der Waals surface area contributed by atoms with E-state index in [4.69, 9.17) is 4.74 Å². The van der Waals surface area contributed by atoms with Crippen molar-refractivity contribution in [1.29, 1.82) is 0 Å². The zero-order chi connectivity index (χ0) is 19.0. The summed E-state index contributed by atoms with van der Waals surface area (Å²) in [6, 6.07) is 9.73. The number of piperidine rings is 1. The van der Waals surface area contributed by atoms with Crippen molar-refractivity contribution in [3.63, 3.8) is 0 Å². The van der Waals surface area contributed by atoms with Crippen LogP contribution in [0.4, 0.5) is 0 Å². The molecule has 6 nitrogen and oxygen atoms in total. The number of pyridine rings is 1. The fraction of sp³-hybridized carbons (Fsp3) is 0.476. The molecule has 0 N–H and O–H groups in total. The number of hydrogen-bond donors (Lipinski definition) is 0. The van der Waals surface area contributed by atoms with Crippen molar-refractivity contribution in [2.75, 3.05) is 33.7 Å². The predicted molar refractivity (Wildman–Crippen MR) is 102 cm³/mol. The molecule has 2 aliphatic heterocycles. The molecule has 0 saturated carbocycles. The summed E-state index contributed by atoms with van der Waals surface area (Å²) < 4.78 is 5.60. The van der Waals surface area contributed by atoms with Crippen molar-refractivity contribution in [2.24, 2.45) is 5.41 Å². The Kier molecular flexibility index (Phi) is 4.60. The molecule has 3 heterocycles. The highest BCUT2D eigenvalue weighted by molar-refractivity contribution is 5.96. The number of carbonyl (C=O) groups is 2. The van der Waals surface area contributed by atoms with Crippen LogP contribution in [0.1, 0.15) is 29.8 Å². The average Bonchev–Trinajstić information content (AvgIpc) is 2.95. The van der Waals surface area contributed by atoms with Crippen LogP contribution in [0.3, 0.4) is 0 Å². The minimum Gasteiger partial charge on any atom is -0.461 e. The molecule has 0 radical (unpaired) electrons. The summed E-state index contributed by atoms with van der Waals surface area (Å²) in [6.07, 6.45) is 3.77. The number of fused-ring (bicyclic) bond motifs is 1. The summed E-state index contributed by atoms with van der Waals surface area (Å²) in [5.41, 5.74) is 0.0398. The van der Waals surface area contributed by atoms with Gasteiger partial charge in [0.05, 0.1) is 5.41 Å². The van der Waals surface area contributed by atoms with Gasteiger partial charge in [0.25, 0.3) is 5.91 Å². The van der Waals surface area contributed by atoms with Gasteiger partial charge in [0.2, 0.25) is 0 Å². The lowest BCUT2D eigenvalue weighted by Crippen LogP contribution is -2.45. The number of rotatable bonds is 3. The second-order valence-corrected chi connectivity index (χ2v) is 7.98. The monoisotopic (exact) mass is 367 g/mol. The highest BCUT2D eigenvalue weighted by Gasteiger charge is 2.50. The lowest BCUT2D eigenvalue weighted by molar-refractivity contribution is -0.150. The summed E-state index contributed by atoms with van der Waals surface area (Å²) in [5, 5.41) is 2.03. The van der Waals surface area contributed by atoms with Gasteiger partial charge in [0, 0.05) is 37.6 Å². The lowest BCUT2D eigenvalue weighted by atomic mass is 9.76. The third-order valence-electron chi connectivity index (χ3n) is 5.75. The van der Waals surface area contributed by atoms with Crippen molar-refractivity contribution in [1.82, 2.24) is 14.8 Å². The van der Waals surface area contributed by atoms with Gasteiger partial charge < -0.3 is 14.5 Å². The van der Waals surface area contributed by atoms with Crippen molar-refractivity contribution < 1.29 is 14.3 Å². The SMILES string of the molecule is CN(C)CC1CC2(CCN(C(=O)c3cc4ccccc4cn3)CC2)C(=O)O1. The zero-order valence-electron chi connectivity index (χ0n) is 15.9. The minimum absolute atomic E-state index is 0.0445. The maximum absolute atomic E-state index is 12.9. The molecule has 1 unspecified atom stereocenters. The van der Waals surface area contributed by atoms with Crippen LogP contribution < -0.4 is 0 Å². The molecule has 142 valence electrons. The Morgan fingerprint density at radius 3 is 2.67 bits per heavy atom. The summed E-state index contributed by atoms with van der Waals surface area (Å²) in [5.74, 6) is -0.155. The first-order valence-corrected chi connectivity index (χ1v) is 9.47. The van der Waals surface area contributed by atoms with Crippen LogP contribution in [0.2, 0.25) is 0 Å². The van der Waals surface area contributed by atoms with E-state index in [1.807, 2.05) is 54.2 Å². The summed E-state index contributed by atoms with van der Waals surface area (Å²) in [4.78, 5) is 33.6. The van der Waals surface area contributed by atoms with Crippen LogP contribution >= 0.6 is 0 Å². The second kappa shape index (κ2) is 6.93. The maximum Gasteiger partial charge on any atom is 0.312 e. The van der Waals surface area contributed by atoms with E-state index >= 15 is 0 Å². The van der Waals surface area contributed by atoms with Crippen molar-refractivity contribution in [3.05, 3.63) is 42.2 Å². The Balaban J connectivity index is 1.44. The molecule has 1 aromatic carbocycles. The fourth-order valence-corrected chi connectivity index (χ4v) is 4.25. The number of esters is 1. The van der Waals surface area contributed by atoms with Gasteiger partial charge in [-0.1, -0.05) is 24.3 Å². The molecule has 4 rings (SSSR count). The van der Waals surface area contributed by atoms with E-state index in [0.717, 1.165) is 23.7 Å². The molecule has 1 atom stereocenters.